The molecule has 0 bridgehead atoms. The molecule has 22 heavy (non-hydrogen) atoms. The SMILES string of the molecule is NC(=O)c1c(Sc2ccccc2)cc([N+](=O)[O-])cc1[N+](=O)[O-]. The topological polar surface area (TPSA) is 129 Å². The number of nitro groups is 2. The Labute approximate surface area is 128 Å². The van der Waals surface area contributed by atoms with E-state index in [2.05, 4.69) is 0 Å². The molecule has 0 aliphatic heterocycles. The summed E-state index contributed by atoms with van der Waals surface area (Å²) < 4.78 is 0. The summed E-state index contributed by atoms with van der Waals surface area (Å²) in [4.78, 5) is 32.7. The summed E-state index contributed by atoms with van der Waals surface area (Å²) in [5, 5.41) is 22.0. The molecular weight excluding hydrogens is 310 g/mol. The van der Waals surface area contributed by atoms with Crippen molar-refractivity contribution in [3.63, 3.8) is 0 Å². The number of non-ortho nitro benzene ring substituents is 1. The maximum Gasteiger partial charge on any atom is 0.290 e. The highest BCUT2D eigenvalue weighted by Gasteiger charge is 2.27. The summed E-state index contributed by atoms with van der Waals surface area (Å²) in [6, 6.07) is 10.5. The number of primary amides is 1. The normalized spacial score (nSPS) is 10.2. The van der Waals surface area contributed by atoms with Crippen LogP contribution in [0.1, 0.15) is 10.4 Å². The third kappa shape index (κ3) is 3.20. The van der Waals surface area contributed by atoms with Crippen LogP contribution in [0.3, 0.4) is 0 Å². The summed E-state index contributed by atoms with van der Waals surface area (Å²) in [6.07, 6.45) is 0. The summed E-state index contributed by atoms with van der Waals surface area (Å²) in [6.45, 7) is 0. The highest BCUT2D eigenvalue weighted by atomic mass is 32.2. The minimum Gasteiger partial charge on any atom is -0.365 e. The molecule has 0 heterocycles. The third-order valence-corrected chi connectivity index (χ3v) is 3.74. The monoisotopic (exact) mass is 319 g/mol. The van der Waals surface area contributed by atoms with Gasteiger partial charge in [-0.2, -0.15) is 0 Å². The second-order valence-electron chi connectivity index (χ2n) is 4.13. The lowest BCUT2D eigenvalue weighted by Crippen LogP contribution is -2.15. The van der Waals surface area contributed by atoms with Gasteiger partial charge in [-0.25, -0.2) is 0 Å². The first kappa shape index (κ1) is 15.4. The molecule has 0 saturated heterocycles. The van der Waals surface area contributed by atoms with Crippen LogP contribution in [-0.4, -0.2) is 15.8 Å². The van der Waals surface area contributed by atoms with Crippen molar-refractivity contribution >= 4 is 29.0 Å². The Morgan fingerprint density at radius 2 is 1.68 bits per heavy atom. The maximum absolute atomic E-state index is 11.6. The zero-order valence-electron chi connectivity index (χ0n) is 11.0. The van der Waals surface area contributed by atoms with E-state index >= 15 is 0 Å². The average Bonchev–Trinajstić information content (AvgIpc) is 2.47. The number of carbonyl (C=O) groups is 1. The van der Waals surface area contributed by atoms with Crippen LogP contribution < -0.4 is 5.73 Å². The van der Waals surface area contributed by atoms with Gasteiger partial charge in [-0.3, -0.25) is 25.0 Å². The lowest BCUT2D eigenvalue weighted by atomic mass is 10.1. The van der Waals surface area contributed by atoms with E-state index in [4.69, 9.17) is 5.73 Å². The van der Waals surface area contributed by atoms with Gasteiger partial charge in [0.25, 0.3) is 17.3 Å². The van der Waals surface area contributed by atoms with Gasteiger partial charge in [-0.15, -0.1) is 0 Å². The van der Waals surface area contributed by atoms with Crippen molar-refractivity contribution in [1.29, 1.82) is 0 Å². The number of carbonyl (C=O) groups excluding carboxylic acids is 1. The van der Waals surface area contributed by atoms with Crippen molar-refractivity contribution in [3.8, 4) is 0 Å². The number of nitro benzene ring substituents is 2. The molecule has 2 aromatic carbocycles. The fourth-order valence-corrected chi connectivity index (χ4v) is 2.81. The van der Waals surface area contributed by atoms with Gasteiger partial charge in [0.15, 0.2) is 0 Å². The van der Waals surface area contributed by atoms with Crippen molar-refractivity contribution in [2.75, 3.05) is 0 Å². The summed E-state index contributed by atoms with van der Waals surface area (Å²) >= 11 is 0.996. The molecule has 0 saturated carbocycles. The minimum absolute atomic E-state index is 0.0691. The van der Waals surface area contributed by atoms with E-state index in [1.54, 1.807) is 30.3 Å². The average molecular weight is 319 g/mol. The lowest BCUT2D eigenvalue weighted by Gasteiger charge is -2.07. The molecule has 0 radical (unpaired) electrons. The number of benzene rings is 2. The Morgan fingerprint density at radius 1 is 1.05 bits per heavy atom. The van der Waals surface area contributed by atoms with Crippen LogP contribution in [-0.2, 0) is 0 Å². The molecule has 9 heteroatoms. The van der Waals surface area contributed by atoms with Crippen molar-refractivity contribution in [1.82, 2.24) is 0 Å². The van der Waals surface area contributed by atoms with E-state index in [0.29, 0.717) is 4.90 Å². The Balaban J connectivity index is 2.65. The smallest absolute Gasteiger partial charge is 0.290 e. The molecule has 2 rings (SSSR count). The van der Waals surface area contributed by atoms with Crippen molar-refractivity contribution in [2.45, 2.75) is 9.79 Å². The van der Waals surface area contributed by atoms with E-state index in [0.717, 1.165) is 23.9 Å². The van der Waals surface area contributed by atoms with Gasteiger partial charge in [0.2, 0.25) is 0 Å². The Morgan fingerprint density at radius 3 is 2.18 bits per heavy atom. The van der Waals surface area contributed by atoms with Gasteiger partial charge < -0.3 is 5.73 Å². The van der Waals surface area contributed by atoms with Crippen LogP contribution in [0.2, 0.25) is 0 Å². The summed E-state index contributed by atoms with van der Waals surface area (Å²) in [5.41, 5.74) is 3.71. The van der Waals surface area contributed by atoms with Crippen LogP contribution in [0.25, 0.3) is 0 Å². The fraction of sp³-hybridized carbons (Fsp3) is 0. The molecule has 8 nitrogen and oxygen atoms in total. The van der Waals surface area contributed by atoms with E-state index in [-0.39, 0.29) is 10.5 Å². The first-order valence-electron chi connectivity index (χ1n) is 5.89. The number of nitrogens with zero attached hydrogens (tertiary/aromatic N) is 2. The van der Waals surface area contributed by atoms with Crippen LogP contribution in [0, 0.1) is 20.2 Å². The number of rotatable bonds is 5. The largest absolute Gasteiger partial charge is 0.365 e. The van der Waals surface area contributed by atoms with Crippen LogP contribution in [0.4, 0.5) is 11.4 Å². The van der Waals surface area contributed by atoms with Crippen LogP contribution in [0.5, 0.6) is 0 Å². The van der Waals surface area contributed by atoms with Crippen molar-refractivity contribution < 1.29 is 14.6 Å². The highest BCUT2D eigenvalue weighted by Crippen LogP contribution is 2.37. The maximum atomic E-state index is 11.6. The first-order valence-corrected chi connectivity index (χ1v) is 6.71. The lowest BCUT2D eigenvalue weighted by molar-refractivity contribution is -0.394. The predicted molar refractivity (Wildman–Crippen MR) is 78.8 cm³/mol. The van der Waals surface area contributed by atoms with Gasteiger partial charge in [-0.1, -0.05) is 30.0 Å². The molecular formula is C13H9N3O5S. The fourth-order valence-electron chi connectivity index (χ4n) is 1.78. The number of hydrogen-bond donors (Lipinski definition) is 1. The molecule has 0 unspecified atom stereocenters. The van der Waals surface area contributed by atoms with Crippen molar-refractivity contribution in [2.24, 2.45) is 5.73 Å². The standard InChI is InChI=1S/C13H9N3O5S/c14-13(17)12-10(16(20)21)6-8(15(18)19)7-11(12)22-9-4-2-1-3-5-9/h1-7H,(H2,14,17). The second-order valence-corrected chi connectivity index (χ2v) is 5.25. The molecule has 0 atom stereocenters. The van der Waals surface area contributed by atoms with Crippen molar-refractivity contribution in [3.05, 3.63) is 68.3 Å². The number of hydrogen-bond acceptors (Lipinski definition) is 6. The number of amides is 1. The molecule has 112 valence electrons. The van der Waals surface area contributed by atoms with Gasteiger partial charge in [0, 0.05) is 15.9 Å². The Hall–Kier alpha value is -2.94. The van der Waals surface area contributed by atoms with Crippen LogP contribution in [0.15, 0.2) is 52.3 Å². The first-order chi connectivity index (χ1) is 10.4. The molecule has 0 spiro atoms. The molecule has 2 aromatic rings. The molecule has 2 N–H and O–H groups in total. The van der Waals surface area contributed by atoms with E-state index in [1.807, 2.05) is 0 Å². The predicted octanol–water partition coefficient (Wildman–Crippen LogP) is 2.75. The van der Waals surface area contributed by atoms with E-state index in [9.17, 15) is 25.0 Å². The molecule has 0 aliphatic carbocycles. The third-order valence-electron chi connectivity index (χ3n) is 2.69. The van der Waals surface area contributed by atoms with E-state index in [1.165, 1.54) is 0 Å². The quantitative estimate of drug-likeness (QED) is 0.666. The zero-order chi connectivity index (χ0) is 16.3. The number of nitrogens with two attached hydrogens (primary N) is 1. The minimum atomic E-state index is -1.01. The summed E-state index contributed by atoms with van der Waals surface area (Å²) in [5.74, 6) is -1.01. The zero-order valence-corrected chi connectivity index (χ0v) is 11.8. The molecule has 1 amide bonds. The Bertz CT molecular complexity index is 764. The summed E-state index contributed by atoms with van der Waals surface area (Å²) in [7, 11) is 0. The molecule has 0 fully saturated rings. The molecule has 0 aliphatic rings. The van der Waals surface area contributed by atoms with Gasteiger partial charge in [0.05, 0.1) is 15.9 Å². The van der Waals surface area contributed by atoms with Gasteiger partial charge >= 0.3 is 0 Å². The van der Waals surface area contributed by atoms with Gasteiger partial charge in [-0.05, 0) is 12.1 Å². The molecule has 0 aromatic heterocycles. The van der Waals surface area contributed by atoms with E-state index < -0.39 is 27.1 Å². The highest BCUT2D eigenvalue weighted by molar-refractivity contribution is 7.99. The second kappa shape index (κ2) is 6.22. The van der Waals surface area contributed by atoms with Crippen LogP contribution >= 0.6 is 11.8 Å². The Kier molecular flexibility index (Phi) is 4.37. The van der Waals surface area contributed by atoms with Gasteiger partial charge in [0.1, 0.15) is 5.56 Å².